The van der Waals surface area contributed by atoms with E-state index in [4.69, 9.17) is 5.73 Å². The average Bonchev–Trinajstić information content (AvgIpc) is 2.86. The lowest BCUT2D eigenvalue weighted by molar-refractivity contribution is -0.286. The molecule has 25 heavy (non-hydrogen) atoms. The molecule has 1 aliphatic rings. The first-order valence-electron chi connectivity index (χ1n) is 7.16. The number of carbonyl (C=O) groups excluding carboxylic acids is 2. The van der Waals surface area contributed by atoms with Gasteiger partial charge in [0.05, 0.1) is 6.54 Å². The van der Waals surface area contributed by atoms with Gasteiger partial charge in [0.15, 0.2) is 11.5 Å². The lowest BCUT2D eigenvalue weighted by atomic mass is 10.2. The summed E-state index contributed by atoms with van der Waals surface area (Å²) in [6.45, 7) is -0.104. The van der Waals surface area contributed by atoms with Crippen LogP contribution in [0.3, 0.4) is 0 Å². The first-order valence-corrected chi connectivity index (χ1v) is 7.16. The van der Waals surface area contributed by atoms with Crippen LogP contribution in [-0.4, -0.2) is 24.7 Å². The molecule has 4 N–H and O–H groups in total. The third-order valence-electron chi connectivity index (χ3n) is 3.31. The minimum atomic E-state index is -3.69. The zero-order valence-corrected chi connectivity index (χ0v) is 12.7. The van der Waals surface area contributed by atoms with Crippen molar-refractivity contribution in [3.05, 3.63) is 48.0 Å². The molecule has 0 saturated heterocycles. The van der Waals surface area contributed by atoms with Crippen molar-refractivity contribution in [3.63, 3.8) is 0 Å². The van der Waals surface area contributed by atoms with Crippen LogP contribution in [0.15, 0.2) is 42.5 Å². The summed E-state index contributed by atoms with van der Waals surface area (Å²) >= 11 is 0. The van der Waals surface area contributed by atoms with Gasteiger partial charge in [0.1, 0.15) is 0 Å². The number of primary amides is 1. The number of carbonyl (C=O) groups is 2. The van der Waals surface area contributed by atoms with E-state index in [-0.39, 0.29) is 24.0 Å². The van der Waals surface area contributed by atoms with Gasteiger partial charge >= 0.3 is 6.29 Å². The van der Waals surface area contributed by atoms with Crippen molar-refractivity contribution in [2.75, 3.05) is 17.2 Å². The molecule has 2 aromatic rings. The molecule has 0 fully saturated rings. The second kappa shape index (κ2) is 6.27. The Morgan fingerprint density at radius 3 is 2.32 bits per heavy atom. The number of hydrogen-bond donors (Lipinski definition) is 3. The lowest BCUT2D eigenvalue weighted by Crippen LogP contribution is -2.25. The van der Waals surface area contributed by atoms with Crippen LogP contribution >= 0.6 is 0 Å². The van der Waals surface area contributed by atoms with E-state index < -0.39 is 12.2 Å². The van der Waals surface area contributed by atoms with E-state index in [9.17, 15) is 18.4 Å². The molecule has 0 aromatic heterocycles. The molecule has 130 valence electrons. The molecule has 2 aromatic carbocycles. The van der Waals surface area contributed by atoms with Gasteiger partial charge in [0.25, 0.3) is 0 Å². The highest BCUT2D eigenvalue weighted by atomic mass is 19.3. The fraction of sp³-hybridized carbons (Fsp3) is 0.125. The standard InChI is InChI=1S/C16H13F2N3O4/c17-16(18)24-12-6-5-11(7-13(12)25-16)20-8-14(22)21-10-3-1-9(2-4-10)15(19)23/h1-7,20H,8H2,(H2,19,23)(H,21,22). The van der Waals surface area contributed by atoms with Crippen LogP contribution in [0.25, 0.3) is 0 Å². The molecule has 0 radical (unpaired) electrons. The van der Waals surface area contributed by atoms with Crippen molar-refractivity contribution in [2.24, 2.45) is 5.73 Å². The number of nitrogens with one attached hydrogen (secondary N) is 2. The number of fused-ring (bicyclic) bond motifs is 1. The normalized spacial score (nSPS) is 14.0. The van der Waals surface area contributed by atoms with E-state index in [1.165, 1.54) is 30.3 Å². The highest BCUT2D eigenvalue weighted by Gasteiger charge is 2.43. The van der Waals surface area contributed by atoms with Gasteiger partial charge < -0.3 is 25.8 Å². The van der Waals surface area contributed by atoms with Crippen LogP contribution in [0.2, 0.25) is 0 Å². The van der Waals surface area contributed by atoms with Gasteiger partial charge in [-0.1, -0.05) is 0 Å². The Bertz CT molecular complexity index is 825. The van der Waals surface area contributed by atoms with E-state index in [0.29, 0.717) is 16.9 Å². The van der Waals surface area contributed by atoms with E-state index >= 15 is 0 Å². The molecule has 0 atom stereocenters. The summed E-state index contributed by atoms with van der Waals surface area (Å²) in [5, 5.41) is 5.40. The molecular weight excluding hydrogens is 336 g/mol. The quantitative estimate of drug-likeness (QED) is 0.768. The molecule has 9 heteroatoms. The van der Waals surface area contributed by atoms with Crippen molar-refractivity contribution in [1.29, 1.82) is 0 Å². The predicted octanol–water partition coefficient (Wildman–Crippen LogP) is 2.16. The van der Waals surface area contributed by atoms with Crippen molar-refractivity contribution < 1.29 is 27.8 Å². The number of ether oxygens (including phenoxy) is 2. The first-order chi connectivity index (χ1) is 11.8. The maximum absolute atomic E-state index is 12.9. The summed E-state index contributed by atoms with van der Waals surface area (Å²) in [7, 11) is 0. The molecule has 3 rings (SSSR count). The average molecular weight is 349 g/mol. The zero-order valence-electron chi connectivity index (χ0n) is 12.7. The molecule has 2 amide bonds. The lowest BCUT2D eigenvalue weighted by Gasteiger charge is -2.08. The summed E-state index contributed by atoms with van der Waals surface area (Å²) in [5.41, 5.74) is 6.36. The van der Waals surface area contributed by atoms with Gasteiger partial charge in [-0.3, -0.25) is 9.59 Å². The summed E-state index contributed by atoms with van der Waals surface area (Å²) in [6, 6.07) is 10.2. The molecule has 0 bridgehead atoms. The highest BCUT2D eigenvalue weighted by Crippen LogP contribution is 2.42. The SMILES string of the molecule is NC(=O)c1ccc(NC(=O)CNc2ccc3c(c2)OC(F)(F)O3)cc1. The topological polar surface area (TPSA) is 103 Å². The molecule has 7 nitrogen and oxygen atoms in total. The number of nitrogens with two attached hydrogens (primary N) is 1. The van der Waals surface area contributed by atoms with Crippen LogP contribution in [0.4, 0.5) is 20.2 Å². The van der Waals surface area contributed by atoms with Crippen LogP contribution in [-0.2, 0) is 4.79 Å². The monoisotopic (exact) mass is 349 g/mol. The number of halogens is 2. The fourth-order valence-electron chi connectivity index (χ4n) is 2.16. The molecular formula is C16H13F2N3O4. The van der Waals surface area contributed by atoms with E-state index in [1.807, 2.05) is 0 Å². The number of benzene rings is 2. The highest BCUT2D eigenvalue weighted by molar-refractivity contribution is 5.96. The molecule has 0 spiro atoms. The molecule has 0 aliphatic carbocycles. The number of rotatable bonds is 5. The van der Waals surface area contributed by atoms with Gasteiger partial charge in [-0.25, -0.2) is 0 Å². The maximum atomic E-state index is 12.9. The summed E-state index contributed by atoms with van der Waals surface area (Å²) < 4.78 is 34.5. The fourth-order valence-corrected chi connectivity index (χ4v) is 2.16. The van der Waals surface area contributed by atoms with Crippen molar-refractivity contribution in [2.45, 2.75) is 6.29 Å². The first kappa shape index (κ1) is 16.5. The van der Waals surface area contributed by atoms with Crippen molar-refractivity contribution in [1.82, 2.24) is 0 Å². The Morgan fingerprint density at radius 1 is 1.00 bits per heavy atom. The van der Waals surface area contributed by atoms with Gasteiger partial charge in [-0.15, -0.1) is 8.78 Å². The molecule has 0 saturated carbocycles. The second-order valence-electron chi connectivity index (χ2n) is 5.17. The van der Waals surface area contributed by atoms with Crippen LogP contribution < -0.4 is 25.8 Å². The number of hydrogen-bond acceptors (Lipinski definition) is 5. The van der Waals surface area contributed by atoms with Crippen LogP contribution in [0.1, 0.15) is 10.4 Å². The van der Waals surface area contributed by atoms with Gasteiger partial charge in [0.2, 0.25) is 11.8 Å². The Balaban J connectivity index is 1.55. The van der Waals surface area contributed by atoms with Gasteiger partial charge in [-0.2, -0.15) is 0 Å². The Kier molecular flexibility index (Phi) is 4.14. The maximum Gasteiger partial charge on any atom is 0.586 e. The third-order valence-corrected chi connectivity index (χ3v) is 3.31. The third kappa shape index (κ3) is 3.94. The minimum absolute atomic E-state index is 0.0745. The molecule has 1 heterocycles. The number of amides is 2. The van der Waals surface area contributed by atoms with E-state index in [1.54, 1.807) is 12.1 Å². The Hall–Kier alpha value is -3.36. The smallest absolute Gasteiger partial charge is 0.395 e. The van der Waals surface area contributed by atoms with E-state index in [0.717, 1.165) is 0 Å². The van der Waals surface area contributed by atoms with E-state index in [2.05, 4.69) is 20.1 Å². The van der Waals surface area contributed by atoms with Gasteiger partial charge in [0, 0.05) is 23.0 Å². The Labute approximate surface area is 140 Å². The van der Waals surface area contributed by atoms with Crippen LogP contribution in [0.5, 0.6) is 11.5 Å². The number of alkyl halides is 2. The Morgan fingerprint density at radius 2 is 1.64 bits per heavy atom. The van der Waals surface area contributed by atoms with Crippen molar-refractivity contribution in [3.8, 4) is 11.5 Å². The van der Waals surface area contributed by atoms with Crippen LogP contribution in [0, 0.1) is 0 Å². The second-order valence-corrected chi connectivity index (χ2v) is 5.17. The zero-order chi connectivity index (χ0) is 18.0. The van der Waals surface area contributed by atoms with Crippen molar-refractivity contribution >= 4 is 23.2 Å². The molecule has 1 aliphatic heterocycles. The predicted molar refractivity (Wildman–Crippen MR) is 84.7 cm³/mol. The minimum Gasteiger partial charge on any atom is -0.395 e. The molecule has 0 unspecified atom stereocenters. The summed E-state index contributed by atoms with van der Waals surface area (Å²) in [6.07, 6.45) is -3.69. The van der Waals surface area contributed by atoms with Gasteiger partial charge in [-0.05, 0) is 36.4 Å². The summed E-state index contributed by atoms with van der Waals surface area (Å²) in [5.74, 6) is -1.12. The number of anilines is 2. The summed E-state index contributed by atoms with van der Waals surface area (Å²) in [4.78, 5) is 22.9. The largest absolute Gasteiger partial charge is 0.586 e.